The second-order valence-electron chi connectivity index (χ2n) is 6.41. The molecular weight excluding hydrogens is 304 g/mol. The number of benzene rings is 1. The van der Waals surface area contributed by atoms with E-state index < -0.39 is 0 Å². The Morgan fingerprint density at radius 3 is 2.54 bits per heavy atom. The topological polar surface area (TPSA) is 76.0 Å². The lowest BCUT2D eigenvalue weighted by Crippen LogP contribution is -2.30. The molecule has 2 amide bonds. The van der Waals surface area contributed by atoms with Gasteiger partial charge in [-0.15, -0.1) is 0 Å². The molecule has 0 saturated carbocycles. The highest BCUT2D eigenvalue weighted by atomic mass is 16.2. The summed E-state index contributed by atoms with van der Waals surface area (Å²) in [6, 6.07) is 5.63. The maximum atomic E-state index is 12.5. The molecule has 128 valence electrons. The smallest absolute Gasteiger partial charge is 0.271 e. The Morgan fingerprint density at radius 2 is 1.92 bits per heavy atom. The molecule has 0 unspecified atom stereocenters. The van der Waals surface area contributed by atoms with Crippen LogP contribution in [0.15, 0.2) is 24.4 Å². The summed E-state index contributed by atoms with van der Waals surface area (Å²) < 4.78 is 1.47. The van der Waals surface area contributed by atoms with E-state index >= 15 is 0 Å². The summed E-state index contributed by atoms with van der Waals surface area (Å²) in [5.41, 5.74) is 3.32. The first-order valence-electron chi connectivity index (χ1n) is 7.98. The molecule has 2 N–H and O–H groups in total. The Hall–Kier alpha value is -2.63. The molecule has 1 aromatic carbocycles. The second kappa shape index (κ2) is 7.29. The van der Waals surface area contributed by atoms with Crippen LogP contribution in [-0.2, 0) is 7.05 Å². The molecule has 0 aliphatic rings. The van der Waals surface area contributed by atoms with Crippen LogP contribution in [0, 0.1) is 19.8 Å². The van der Waals surface area contributed by atoms with E-state index in [1.807, 2.05) is 39.8 Å². The monoisotopic (exact) mass is 328 g/mol. The van der Waals surface area contributed by atoms with Gasteiger partial charge in [-0.05, 0) is 31.4 Å². The summed E-state index contributed by atoms with van der Waals surface area (Å²) in [6.07, 6.45) is 1.49. The summed E-state index contributed by atoms with van der Waals surface area (Å²) >= 11 is 0. The molecule has 24 heavy (non-hydrogen) atoms. The van der Waals surface area contributed by atoms with Crippen LogP contribution in [0.4, 0.5) is 5.69 Å². The Labute approximate surface area is 142 Å². The van der Waals surface area contributed by atoms with Gasteiger partial charge in [0.15, 0.2) is 0 Å². The molecule has 1 heterocycles. The summed E-state index contributed by atoms with van der Waals surface area (Å²) in [4.78, 5) is 24.9. The lowest BCUT2D eigenvalue weighted by Gasteiger charge is -2.11. The standard InChI is InChI=1S/C18H24N4O2/c1-11(2)9-19-18(24)16-15(10-20-22(16)5)21-17(23)14-7-6-12(3)8-13(14)4/h6-8,10-11H,9H2,1-5H3,(H,19,24)(H,21,23). The molecule has 2 rings (SSSR count). The fraction of sp³-hybridized carbons (Fsp3) is 0.389. The van der Waals surface area contributed by atoms with Gasteiger partial charge in [-0.2, -0.15) is 5.10 Å². The minimum atomic E-state index is -0.251. The number of carbonyl (C=O) groups excluding carboxylic acids is 2. The molecule has 0 atom stereocenters. The largest absolute Gasteiger partial charge is 0.350 e. The van der Waals surface area contributed by atoms with Crippen LogP contribution in [0.2, 0.25) is 0 Å². The third kappa shape index (κ3) is 4.01. The third-order valence-electron chi connectivity index (χ3n) is 3.70. The third-order valence-corrected chi connectivity index (χ3v) is 3.70. The van der Waals surface area contributed by atoms with Gasteiger partial charge in [0.1, 0.15) is 5.69 Å². The number of nitrogens with one attached hydrogen (secondary N) is 2. The number of aryl methyl sites for hydroxylation is 3. The maximum Gasteiger partial charge on any atom is 0.271 e. The molecule has 0 saturated heterocycles. The SMILES string of the molecule is Cc1ccc(C(=O)Nc2cnn(C)c2C(=O)NCC(C)C)c(C)c1. The van der Waals surface area contributed by atoms with Crippen molar-refractivity contribution in [3.05, 3.63) is 46.8 Å². The number of hydrogen-bond donors (Lipinski definition) is 2. The van der Waals surface area contributed by atoms with E-state index in [0.29, 0.717) is 29.4 Å². The van der Waals surface area contributed by atoms with Gasteiger partial charge in [0.25, 0.3) is 11.8 Å². The first-order valence-corrected chi connectivity index (χ1v) is 7.98. The van der Waals surface area contributed by atoms with E-state index in [0.717, 1.165) is 11.1 Å². The molecule has 1 aromatic heterocycles. The highest BCUT2D eigenvalue weighted by Crippen LogP contribution is 2.17. The summed E-state index contributed by atoms with van der Waals surface area (Å²) in [6.45, 7) is 8.47. The molecule has 6 nitrogen and oxygen atoms in total. The molecule has 2 aromatic rings. The predicted molar refractivity (Wildman–Crippen MR) is 94.2 cm³/mol. The van der Waals surface area contributed by atoms with Crippen LogP contribution < -0.4 is 10.6 Å². The van der Waals surface area contributed by atoms with Crippen molar-refractivity contribution >= 4 is 17.5 Å². The maximum absolute atomic E-state index is 12.5. The van der Waals surface area contributed by atoms with E-state index in [-0.39, 0.29) is 11.8 Å². The van der Waals surface area contributed by atoms with Crippen LogP contribution in [0.5, 0.6) is 0 Å². The Kier molecular flexibility index (Phi) is 5.39. The van der Waals surface area contributed by atoms with Gasteiger partial charge in [0, 0.05) is 19.2 Å². The average Bonchev–Trinajstić information content (AvgIpc) is 2.85. The van der Waals surface area contributed by atoms with Crippen LogP contribution in [0.1, 0.15) is 45.8 Å². The highest BCUT2D eigenvalue weighted by Gasteiger charge is 2.19. The first kappa shape index (κ1) is 17.7. The highest BCUT2D eigenvalue weighted by molar-refractivity contribution is 6.09. The fourth-order valence-electron chi connectivity index (χ4n) is 2.44. The summed E-state index contributed by atoms with van der Waals surface area (Å²) in [7, 11) is 1.68. The van der Waals surface area contributed by atoms with Gasteiger partial charge in [0.05, 0.1) is 11.9 Å². The van der Waals surface area contributed by atoms with Crippen LogP contribution in [0.3, 0.4) is 0 Å². The number of nitrogens with zero attached hydrogens (tertiary/aromatic N) is 2. The van der Waals surface area contributed by atoms with Crippen molar-refractivity contribution in [3.63, 3.8) is 0 Å². The first-order chi connectivity index (χ1) is 11.3. The molecule has 0 fully saturated rings. The normalized spacial score (nSPS) is 10.8. The van der Waals surface area contributed by atoms with Gasteiger partial charge in [-0.25, -0.2) is 0 Å². The van der Waals surface area contributed by atoms with Crippen molar-refractivity contribution in [3.8, 4) is 0 Å². The Balaban J connectivity index is 2.21. The molecule has 0 radical (unpaired) electrons. The Morgan fingerprint density at radius 1 is 1.21 bits per heavy atom. The fourth-order valence-corrected chi connectivity index (χ4v) is 2.44. The van der Waals surface area contributed by atoms with Gasteiger partial charge in [0.2, 0.25) is 0 Å². The van der Waals surface area contributed by atoms with E-state index in [2.05, 4.69) is 15.7 Å². The van der Waals surface area contributed by atoms with E-state index in [4.69, 9.17) is 0 Å². The lowest BCUT2D eigenvalue weighted by atomic mass is 10.1. The minimum Gasteiger partial charge on any atom is -0.350 e. The van der Waals surface area contributed by atoms with Gasteiger partial charge in [-0.3, -0.25) is 14.3 Å². The van der Waals surface area contributed by atoms with Crippen molar-refractivity contribution in [2.45, 2.75) is 27.7 Å². The quantitative estimate of drug-likeness (QED) is 0.886. The van der Waals surface area contributed by atoms with Gasteiger partial charge >= 0.3 is 0 Å². The van der Waals surface area contributed by atoms with Crippen LogP contribution in [-0.4, -0.2) is 28.1 Å². The van der Waals surface area contributed by atoms with Gasteiger partial charge < -0.3 is 10.6 Å². The van der Waals surface area contributed by atoms with Crippen molar-refractivity contribution in [1.29, 1.82) is 0 Å². The van der Waals surface area contributed by atoms with Crippen molar-refractivity contribution in [1.82, 2.24) is 15.1 Å². The number of anilines is 1. The zero-order valence-corrected chi connectivity index (χ0v) is 14.8. The number of aromatic nitrogens is 2. The van der Waals surface area contributed by atoms with Crippen molar-refractivity contribution in [2.75, 3.05) is 11.9 Å². The molecular formula is C18H24N4O2. The molecule has 0 aliphatic carbocycles. The molecule has 0 bridgehead atoms. The minimum absolute atomic E-state index is 0.250. The van der Waals surface area contributed by atoms with E-state index in [1.165, 1.54) is 10.9 Å². The average molecular weight is 328 g/mol. The van der Waals surface area contributed by atoms with Crippen molar-refractivity contribution in [2.24, 2.45) is 13.0 Å². The predicted octanol–water partition coefficient (Wildman–Crippen LogP) is 2.68. The zero-order chi connectivity index (χ0) is 17.9. The van der Waals surface area contributed by atoms with Crippen molar-refractivity contribution < 1.29 is 9.59 Å². The number of hydrogen-bond acceptors (Lipinski definition) is 3. The summed E-state index contributed by atoms with van der Waals surface area (Å²) in [5, 5.41) is 9.73. The zero-order valence-electron chi connectivity index (χ0n) is 14.8. The number of amides is 2. The number of rotatable bonds is 5. The Bertz CT molecular complexity index is 762. The second-order valence-corrected chi connectivity index (χ2v) is 6.41. The van der Waals surface area contributed by atoms with Gasteiger partial charge in [-0.1, -0.05) is 31.5 Å². The van der Waals surface area contributed by atoms with E-state index in [1.54, 1.807) is 13.1 Å². The summed E-state index contributed by atoms with van der Waals surface area (Å²) in [5.74, 6) is -0.159. The van der Waals surface area contributed by atoms with E-state index in [9.17, 15) is 9.59 Å². The lowest BCUT2D eigenvalue weighted by molar-refractivity contribution is 0.0940. The molecule has 6 heteroatoms. The van der Waals surface area contributed by atoms with Crippen LogP contribution >= 0.6 is 0 Å². The number of carbonyl (C=O) groups is 2. The van der Waals surface area contributed by atoms with Crippen LogP contribution in [0.25, 0.3) is 0 Å². The molecule has 0 spiro atoms. The molecule has 0 aliphatic heterocycles.